The lowest BCUT2D eigenvalue weighted by molar-refractivity contribution is 0.150. The summed E-state index contributed by atoms with van der Waals surface area (Å²) in [7, 11) is 0. The molecule has 0 spiro atoms. The van der Waals surface area contributed by atoms with Crippen molar-refractivity contribution in [3.63, 3.8) is 0 Å². The number of aromatic nitrogens is 1. The van der Waals surface area contributed by atoms with Crippen LogP contribution in [0, 0.1) is 0 Å². The van der Waals surface area contributed by atoms with Crippen molar-refractivity contribution in [1.82, 2.24) is 4.98 Å². The average molecular weight is 194 g/mol. The number of alkyl halides is 2. The van der Waals surface area contributed by atoms with Gasteiger partial charge in [0.1, 0.15) is 5.15 Å². The fourth-order valence-electron chi connectivity index (χ4n) is 0.742. The minimum absolute atomic E-state index is 0.0573. The molecule has 2 nitrogen and oxygen atoms in total. The van der Waals surface area contributed by atoms with E-state index >= 15 is 0 Å². The Morgan fingerprint density at radius 3 is 2.75 bits per heavy atom. The van der Waals surface area contributed by atoms with Crippen LogP contribution < -0.4 is 0 Å². The van der Waals surface area contributed by atoms with E-state index in [0.717, 1.165) is 12.3 Å². The largest absolute Gasteiger partial charge is 0.392 e. The van der Waals surface area contributed by atoms with E-state index in [-0.39, 0.29) is 22.9 Å². The second-order valence-corrected chi connectivity index (χ2v) is 2.54. The molecule has 12 heavy (non-hydrogen) atoms. The molecule has 1 N–H and O–H groups in total. The maximum atomic E-state index is 12.1. The molecular formula is C7H6ClF2NO. The number of hydrogen-bond donors (Lipinski definition) is 1. The summed E-state index contributed by atoms with van der Waals surface area (Å²) in [5, 5.41) is 8.71. The Morgan fingerprint density at radius 2 is 2.25 bits per heavy atom. The summed E-state index contributed by atoms with van der Waals surface area (Å²) < 4.78 is 24.1. The van der Waals surface area contributed by atoms with Crippen LogP contribution in [0.5, 0.6) is 0 Å². The number of nitrogens with zero attached hydrogens (tertiary/aromatic N) is 1. The second-order valence-electron chi connectivity index (χ2n) is 2.18. The van der Waals surface area contributed by atoms with Gasteiger partial charge < -0.3 is 5.11 Å². The lowest BCUT2D eigenvalue weighted by Crippen LogP contribution is -1.93. The first-order valence-corrected chi connectivity index (χ1v) is 3.56. The van der Waals surface area contributed by atoms with Crippen molar-refractivity contribution in [2.24, 2.45) is 0 Å². The Bertz CT molecular complexity index is 280. The Hall–Kier alpha value is -0.740. The number of hydrogen-bond acceptors (Lipinski definition) is 2. The van der Waals surface area contributed by atoms with Gasteiger partial charge in [0, 0.05) is 17.3 Å². The monoisotopic (exact) mass is 193 g/mol. The van der Waals surface area contributed by atoms with Gasteiger partial charge in [-0.15, -0.1) is 0 Å². The van der Waals surface area contributed by atoms with Crippen LogP contribution >= 0.6 is 11.6 Å². The summed E-state index contributed by atoms with van der Waals surface area (Å²) in [5.74, 6) is 0. The average Bonchev–Trinajstić information content (AvgIpc) is 2.05. The van der Waals surface area contributed by atoms with E-state index in [9.17, 15) is 8.78 Å². The summed E-state index contributed by atoms with van der Waals surface area (Å²) >= 11 is 5.49. The van der Waals surface area contributed by atoms with E-state index in [1.165, 1.54) is 0 Å². The van der Waals surface area contributed by atoms with Gasteiger partial charge in [0.15, 0.2) is 0 Å². The van der Waals surface area contributed by atoms with Crippen molar-refractivity contribution in [1.29, 1.82) is 0 Å². The Labute approximate surface area is 72.8 Å². The zero-order chi connectivity index (χ0) is 9.14. The van der Waals surface area contributed by atoms with Crippen LogP contribution in [0.15, 0.2) is 12.3 Å². The molecular weight excluding hydrogens is 188 g/mol. The number of pyridine rings is 1. The first kappa shape index (κ1) is 9.35. The molecule has 0 atom stereocenters. The minimum atomic E-state index is -2.58. The molecule has 1 heterocycles. The molecule has 1 aromatic heterocycles. The summed E-state index contributed by atoms with van der Waals surface area (Å²) in [6, 6.07) is 1.14. The third kappa shape index (κ3) is 1.89. The SMILES string of the molecule is OCc1cc(C(F)F)cnc1Cl. The second kappa shape index (κ2) is 3.78. The fraction of sp³-hybridized carbons (Fsp3) is 0.286. The molecule has 5 heteroatoms. The van der Waals surface area contributed by atoms with Crippen LogP contribution in [0.1, 0.15) is 17.6 Å². The molecule has 0 fully saturated rings. The number of aliphatic hydroxyl groups is 1. The van der Waals surface area contributed by atoms with E-state index in [4.69, 9.17) is 16.7 Å². The van der Waals surface area contributed by atoms with Crippen molar-refractivity contribution in [3.05, 3.63) is 28.5 Å². The summed E-state index contributed by atoms with van der Waals surface area (Å²) in [6.45, 7) is -0.383. The third-order valence-corrected chi connectivity index (χ3v) is 1.70. The van der Waals surface area contributed by atoms with Crippen molar-refractivity contribution >= 4 is 11.6 Å². The molecule has 66 valence electrons. The van der Waals surface area contributed by atoms with Crippen LogP contribution in [0.3, 0.4) is 0 Å². The van der Waals surface area contributed by atoms with E-state index in [1.54, 1.807) is 0 Å². The smallest absolute Gasteiger partial charge is 0.265 e. The van der Waals surface area contributed by atoms with Gasteiger partial charge in [0.2, 0.25) is 0 Å². The van der Waals surface area contributed by atoms with Crippen molar-refractivity contribution in [2.75, 3.05) is 0 Å². The molecule has 0 unspecified atom stereocenters. The van der Waals surface area contributed by atoms with E-state index in [1.807, 2.05) is 0 Å². The minimum Gasteiger partial charge on any atom is -0.392 e. The highest BCUT2D eigenvalue weighted by molar-refractivity contribution is 6.30. The molecule has 0 aliphatic carbocycles. The third-order valence-electron chi connectivity index (χ3n) is 1.36. The van der Waals surface area contributed by atoms with Gasteiger partial charge in [-0.05, 0) is 6.07 Å². The molecule has 1 aromatic rings. The molecule has 1 rings (SSSR count). The maximum Gasteiger partial charge on any atom is 0.265 e. The molecule has 0 aliphatic heterocycles. The number of rotatable bonds is 2. The first-order chi connectivity index (χ1) is 5.65. The van der Waals surface area contributed by atoms with Crippen LogP contribution in [0.2, 0.25) is 5.15 Å². The number of aliphatic hydroxyl groups excluding tert-OH is 1. The van der Waals surface area contributed by atoms with Crippen molar-refractivity contribution in [2.45, 2.75) is 13.0 Å². The molecule has 0 saturated heterocycles. The van der Waals surface area contributed by atoms with Gasteiger partial charge >= 0.3 is 0 Å². The number of halogens is 3. The van der Waals surface area contributed by atoms with Gasteiger partial charge in [0.05, 0.1) is 6.61 Å². The molecule has 0 saturated carbocycles. The van der Waals surface area contributed by atoms with Gasteiger partial charge in [0.25, 0.3) is 6.43 Å². The quantitative estimate of drug-likeness (QED) is 0.731. The Balaban J connectivity index is 3.05. The maximum absolute atomic E-state index is 12.1. The molecule has 0 aromatic carbocycles. The predicted octanol–water partition coefficient (Wildman–Crippen LogP) is 2.16. The highest BCUT2D eigenvalue weighted by Gasteiger charge is 2.09. The van der Waals surface area contributed by atoms with Crippen LogP contribution in [-0.2, 0) is 6.61 Å². The van der Waals surface area contributed by atoms with Gasteiger partial charge in [-0.25, -0.2) is 13.8 Å². The summed E-state index contributed by atoms with van der Waals surface area (Å²) in [4.78, 5) is 3.50. The molecule has 0 radical (unpaired) electrons. The topological polar surface area (TPSA) is 33.1 Å². The first-order valence-electron chi connectivity index (χ1n) is 3.18. The van der Waals surface area contributed by atoms with Crippen LogP contribution in [0.4, 0.5) is 8.78 Å². The Morgan fingerprint density at radius 1 is 1.58 bits per heavy atom. The Kier molecular flexibility index (Phi) is 2.94. The van der Waals surface area contributed by atoms with E-state index in [2.05, 4.69) is 4.98 Å². The van der Waals surface area contributed by atoms with Gasteiger partial charge in [-0.1, -0.05) is 11.6 Å². The standard InChI is InChI=1S/C7H6ClF2NO/c8-6-5(3-12)1-4(2-11-6)7(9)10/h1-2,7,12H,3H2. The zero-order valence-electron chi connectivity index (χ0n) is 5.97. The zero-order valence-corrected chi connectivity index (χ0v) is 6.72. The highest BCUT2D eigenvalue weighted by atomic mass is 35.5. The van der Waals surface area contributed by atoms with Crippen molar-refractivity contribution in [3.8, 4) is 0 Å². The lowest BCUT2D eigenvalue weighted by atomic mass is 10.2. The van der Waals surface area contributed by atoms with E-state index < -0.39 is 6.43 Å². The molecule has 0 amide bonds. The van der Waals surface area contributed by atoms with Crippen molar-refractivity contribution < 1.29 is 13.9 Å². The van der Waals surface area contributed by atoms with Crippen LogP contribution in [0.25, 0.3) is 0 Å². The van der Waals surface area contributed by atoms with Gasteiger partial charge in [-0.2, -0.15) is 0 Å². The molecule has 0 aliphatic rings. The summed E-state index contributed by atoms with van der Waals surface area (Å²) in [5.41, 5.74) is -0.0158. The normalized spacial score (nSPS) is 10.8. The fourth-order valence-corrected chi connectivity index (χ4v) is 0.905. The van der Waals surface area contributed by atoms with Crippen LogP contribution in [-0.4, -0.2) is 10.1 Å². The lowest BCUT2D eigenvalue weighted by Gasteiger charge is -2.02. The predicted molar refractivity (Wildman–Crippen MR) is 40.1 cm³/mol. The molecule has 0 bridgehead atoms. The highest BCUT2D eigenvalue weighted by Crippen LogP contribution is 2.22. The van der Waals surface area contributed by atoms with Gasteiger partial charge in [-0.3, -0.25) is 0 Å². The summed E-state index contributed by atoms with van der Waals surface area (Å²) in [6.07, 6.45) is -1.59. The van der Waals surface area contributed by atoms with E-state index in [0.29, 0.717) is 0 Å².